The number of ether oxygens (including phenoxy) is 1. The van der Waals surface area contributed by atoms with E-state index < -0.39 is 30.1 Å². The standard InChI is InChI=1S/C28H41F3O4/c1-20(2)19-35-16-7-5-3-4-6-11-24-25(27(34)18-26(24)33)15-14-23(32)13-12-21-9-8-10-22(17-21)28(29,30)31/h4,6,8-10,14-15,17,20,23-27,32-34H,3,5,7,11-13,16,18-19H2,1-2H3/b6-4-,15-14+/t23-,24+,25+,26-,27+/m0/s1. The highest BCUT2D eigenvalue weighted by Gasteiger charge is 2.39. The molecule has 0 amide bonds. The highest BCUT2D eigenvalue weighted by Crippen LogP contribution is 2.36. The van der Waals surface area contributed by atoms with Gasteiger partial charge in [0.2, 0.25) is 0 Å². The van der Waals surface area contributed by atoms with Crippen LogP contribution in [0.25, 0.3) is 0 Å². The largest absolute Gasteiger partial charge is 0.416 e. The number of aliphatic hydroxyl groups is 3. The van der Waals surface area contributed by atoms with Crippen molar-refractivity contribution in [1.29, 1.82) is 0 Å². The third-order valence-electron chi connectivity index (χ3n) is 6.39. The molecule has 1 aliphatic carbocycles. The first-order valence-electron chi connectivity index (χ1n) is 12.7. The topological polar surface area (TPSA) is 69.9 Å². The van der Waals surface area contributed by atoms with E-state index in [0.717, 1.165) is 44.6 Å². The van der Waals surface area contributed by atoms with Crippen LogP contribution in [0.2, 0.25) is 0 Å². The zero-order valence-electron chi connectivity index (χ0n) is 20.8. The Morgan fingerprint density at radius 3 is 2.60 bits per heavy atom. The highest BCUT2D eigenvalue weighted by atomic mass is 19.4. The van der Waals surface area contributed by atoms with Crippen LogP contribution in [0.1, 0.15) is 63.5 Å². The van der Waals surface area contributed by atoms with E-state index in [-0.39, 0.29) is 18.3 Å². The van der Waals surface area contributed by atoms with Gasteiger partial charge in [0.1, 0.15) is 0 Å². The van der Waals surface area contributed by atoms with Crippen LogP contribution in [0.5, 0.6) is 0 Å². The second-order valence-electron chi connectivity index (χ2n) is 9.97. The maximum atomic E-state index is 12.9. The molecule has 0 unspecified atom stereocenters. The Labute approximate surface area is 207 Å². The van der Waals surface area contributed by atoms with Gasteiger partial charge in [-0.3, -0.25) is 0 Å². The van der Waals surface area contributed by atoms with Gasteiger partial charge in [-0.1, -0.05) is 56.4 Å². The Kier molecular flexibility index (Phi) is 12.5. The molecule has 0 aromatic heterocycles. The van der Waals surface area contributed by atoms with E-state index in [2.05, 4.69) is 19.9 Å². The Hall–Kier alpha value is -1.67. The number of allylic oxidation sites excluding steroid dienone is 2. The molecule has 0 saturated heterocycles. The molecule has 1 fully saturated rings. The summed E-state index contributed by atoms with van der Waals surface area (Å²) in [5, 5.41) is 31.1. The molecule has 1 aromatic carbocycles. The minimum Gasteiger partial charge on any atom is -0.393 e. The summed E-state index contributed by atoms with van der Waals surface area (Å²) in [7, 11) is 0. The van der Waals surface area contributed by atoms with E-state index in [1.54, 1.807) is 18.2 Å². The van der Waals surface area contributed by atoms with Gasteiger partial charge in [-0.15, -0.1) is 0 Å². The summed E-state index contributed by atoms with van der Waals surface area (Å²) in [5.74, 6) is 0.131. The monoisotopic (exact) mass is 498 g/mol. The van der Waals surface area contributed by atoms with E-state index in [9.17, 15) is 28.5 Å². The van der Waals surface area contributed by atoms with Crippen LogP contribution in [0.3, 0.4) is 0 Å². The summed E-state index contributed by atoms with van der Waals surface area (Å²) in [6.45, 7) is 5.80. The lowest BCUT2D eigenvalue weighted by Crippen LogP contribution is -2.20. The number of benzene rings is 1. The lowest BCUT2D eigenvalue weighted by atomic mass is 9.89. The van der Waals surface area contributed by atoms with Crippen LogP contribution in [0.15, 0.2) is 48.6 Å². The lowest BCUT2D eigenvalue weighted by molar-refractivity contribution is -0.137. The van der Waals surface area contributed by atoms with Crippen molar-refractivity contribution in [1.82, 2.24) is 0 Å². The van der Waals surface area contributed by atoms with Crippen molar-refractivity contribution in [2.75, 3.05) is 13.2 Å². The molecule has 0 bridgehead atoms. The first-order chi connectivity index (χ1) is 16.6. The number of alkyl halides is 3. The minimum absolute atomic E-state index is 0.137. The number of unbranched alkanes of at least 4 members (excludes halogenated alkanes) is 2. The first-order valence-corrected chi connectivity index (χ1v) is 12.7. The van der Waals surface area contributed by atoms with E-state index in [4.69, 9.17) is 4.74 Å². The van der Waals surface area contributed by atoms with E-state index in [1.807, 2.05) is 6.08 Å². The molecule has 1 saturated carbocycles. The third-order valence-corrected chi connectivity index (χ3v) is 6.39. The maximum Gasteiger partial charge on any atom is 0.416 e. The zero-order chi connectivity index (χ0) is 25.8. The molecule has 198 valence electrons. The minimum atomic E-state index is -4.39. The van der Waals surface area contributed by atoms with Crippen LogP contribution < -0.4 is 0 Å². The van der Waals surface area contributed by atoms with Crippen molar-refractivity contribution in [3.63, 3.8) is 0 Å². The average molecular weight is 499 g/mol. The Morgan fingerprint density at radius 1 is 1.11 bits per heavy atom. The van der Waals surface area contributed by atoms with Gasteiger partial charge >= 0.3 is 6.18 Å². The van der Waals surface area contributed by atoms with Crippen LogP contribution in [0, 0.1) is 17.8 Å². The molecular formula is C28H41F3O4. The summed E-state index contributed by atoms with van der Waals surface area (Å²) in [6.07, 6.45) is 5.44. The molecule has 7 heteroatoms. The molecule has 1 aliphatic rings. The molecule has 0 aliphatic heterocycles. The number of hydrogen-bond donors (Lipinski definition) is 3. The Morgan fingerprint density at radius 2 is 1.89 bits per heavy atom. The number of aryl methyl sites for hydroxylation is 1. The van der Waals surface area contributed by atoms with Gasteiger partial charge in [-0.05, 0) is 62.0 Å². The summed E-state index contributed by atoms with van der Waals surface area (Å²) < 4.78 is 44.2. The van der Waals surface area contributed by atoms with Gasteiger partial charge in [0, 0.05) is 25.6 Å². The highest BCUT2D eigenvalue weighted by molar-refractivity contribution is 5.26. The molecule has 5 atom stereocenters. The van der Waals surface area contributed by atoms with Crippen molar-refractivity contribution in [3.8, 4) is 0 Å². The summed E-state index contributed by atoms with van der Waals surface area (Å²) >= 11 is 0. The van der Waals surface area contributed by atoms with Gasteiger partial charge in [0.15, 0.2) is 0 Å². The van der Waals surface area contributed by atoms with Crippen molar-refractivity contribution in [2.45, 2.75) is 83.3 Å². The predicted octanol–water partition coefficient (Wildman–Crippen LogP) is 5.70. The summed E-state index contributed by atoms with van der Waals surface area (Å²) in [4.78, 5) is 0. The quantitative estimate of drug-likeness (QED) is 0.227. The second-order valence-corrected chi connectivity index (χ2v) is 9.97. The van der Waals surface area contributed by atoms with Crippen molar-refractivity contribution >= 4 is 0 Å². The third kappa shape index (κ3) is 10.9. The molecule has 4 nitrogen and oxygen atoms in total. The molecule has 35 heavy (non-hydrogen) atoms. The molecule has 0 spiro atoms. The molecule has 0 heterocycles. The van der Waals surface area contributed by atoms with Crippen LogP contribution in [-0.4, -0.2) is 46.8 Å². The van der Waals surface area contributed by atoms with E-state index in [0.29, 0.717) is 30.7 Å². The van der Waals surface area contributed by atoms with Gasteiger partial charge < -0.3 is 20.1 Å². The molecule has 1 aromatic rings. The summed E-state index contributed by atoms with van der Waals surface area (Å²) in [5.41, 5.74) is -0.184. The number of halogens is 3. The van der Waals surface area contributed by atoms with Crippen molar-refractivity contribution in [2.24, 2.45) is 17.8 Å². The van der Waals surface area contributed by atoms with Crippen LogP contribution >= 0.6 is 0 Å². The summed E-state index contributed by atoms with van der Waals surface area (Å²) in [6, 6.07) is 5.12. The number of hydrogen-bond acceptors (Lipinski definition) is 4. The van der Waals surface area contributed by atoms with Crippen molar-refractivity contribution in [3.05, 3.63) is 59.7 Å². The normalized spacial score (nSPS) is 24.3. The second kappa shape index (κ2) is 14.8. The fourth-order valence-corrected chi connectivity index (χ4v) is 4.43. The first kappa shape index (κ1) is 29.6. The van der Waals surface area contributed by atoms with Gasteiger partial charge in [0.25, 0.3) is 0 Å². The van der Waals surface area contributed by atoms with Crippen LogP contribution in [0.4, 0.5) is 13.2 Å². The SMILES string of the molecule is CC(C)COCCCC/C=C\C[C@@H]1[C@@H](/C=C/[C@@H](O)CCc2cccc(C(F)(F)F)c2)[C@H](O)C[C@@H]1O. The van der Waals surface area contributed by atoms with Gasteiger partial charge in [-0.2, -0.15) is 13.2 Å². The average Bonchev–Trinajstić information content (AvgIpc) is 3.06. The fraction of sp³-hybridized carbons (Fsp3) is 0.643. The number of rotatable bonds is 14. The van der Waals surface area contributed by atoms with E-state index >= 15 is 0 Å². The molecule has 0 radical (unpaired) electrons. The molecular weight excluding hydrogens is 457 g/mol. The smallest absolute Gasteiger partial charge is 0.393 e. The van der Waals surface area contributed by atoms with Gasteiger partial charge in [0.05, 0.1) is 23.9 Å². The van der Waals surface area contributed by atoms with Crippen molar-refractivity contribution < 1.29 is 33.2 Å². The van der Waals surface area contributed by atoms with Crippen LogP contribution in [-0.2, 0) is 17.3 Å². The zero-order valence-corrected chi connectivity index (χ0v) is 20.8. The van der Waals surface area contributed by atoms with E-state index in [1.165, 1.54) is 6.07 Å². The predicted molar refractivity (Wildman–Crippen MR) is 132 cm³/mol. The Bertz CT molecular complexity index is 791. The lowest BCUT2D eigenvalue weighted by Gasteiger charge is -2.19. The molecule has 2 rings (SSSR count). The fourth-order valence-electron chi connectivity index (χ4n) is 4.43. The van der Waals surface area contributed by atoms with Gasteiger partial charge in [-0.25, -0.2) is 0 Å². The maximum absolute atomic E-state index is 12.9. The molecule has 3 N–H and O–H groups in total. The number of aliphatic hydroxyl groups excluding tert-OH is 3. The Balaban J connectivity index is 1.78.